The third-order valence-electron chi connectivity index (χ3n) is 4.02. The molecular formula is C14H18BrClO. The first kappa shape index (κ1) is 13.4. The van der Waals surface area contributed by atoms with E-state index in [2.05, 4.69) is 29.8 Å². The minimum absolute atomic E-state index is 0.192. The first-order chi connectivity index (χ1) is 7.93. The molecule has 1 aromatic carbocycles. The van der Waals surface area contributed by atoms with Crippen LogP contribution in [0, 0.1) is 11.3 Å². The fourth-order valence-electron chi connectivity index (χ4n) is 2.93. The third kappa shape index (κ3) is 2.54. The Morgan fingerprint density at radius 3 is 2.71 bits per heavy atom. The van der Waals surface area contributed by atoms with Crippen LogP contribution in [0.25, 0.3) is 0 Å². The average Bonchev–Trinajstić information content (AvgIpc) is 2.57. The Labute approximate surface area is 116 Å². The highest BCUT2D eigenvalue weighted by atomic mass is 79.9. The summed E-state index contributed by atoms with van der Waals surface area (Å²) in [7, 11) is 0. The summed E-state index contributed by atoms with van der Waals surface area (Å²) in [6.45, 7) is 4.47. The van der Waals surface area contributed by atoms with Crippen molar-refractivity contribution in [3.63, 3.8) is 0 Å². The molecule has 0 bridgehead atoms. The summed E-state index contributed by atoms with van der Waals surface area (Å²) in [6.07, 6.45) is 2.97. The van der Waals surface area contributed by atoms with Gasteiger partial charge in [-0.1, -0.05) is 53.9 Å². The maximum Gasteiger partial charge on any atom is 0.0848 e. The van der Waals surface area contributed by atoms with Crippen molar-refractivity contribution in [2.75, 3.05) is 0 Å². The van der Waals surface area contributed by atoms with E-state index in [1.54, 1.807) is 0 Å². The molecule has 1 saturated carbocycles. The van der Waals surface area contributed by atoms with Gasteiger partial charge < -0.3 is 5.11 Å². The van der Waals surface area contributed by atoms with Crippen molar-refractivity contribution in [2.45, 2.75) is 39.2 Å². The fourth-order valence-corrected chi connectivity index (χ4v) is 3.93. The van der Waals surface area contributed by atoms with Gasteiger partial charge in [0.25, 0.3) is 0 Å². The molecular weight excluding hydrogens is 300 g/mol. The highest BCUT2D eigenvalue weighted by Gasteiger charge is 2.40. The molecule has 3 heteroatoms. The molecule has 0 saturated heterocycles. The maximum atomic E-state index is 10.6. The van der Waals surface area contributed by atoms with Gasteiger partial charge in [-0.3, -0.25) is 0 Å². The summed E-state index contributed by atoms with van der Waals surface area (Å²) in [5.74, 6) is 0.290. The lowest BCUT2D eigenvalue weighted by molar-refractivity contribution is 0.0527. The molecule has 2 atom stereocenters. The van der Waals surface area contributed by atoms with Crippen molar-refractivity contribution >= 4 is 27.5 Å². The number of aliphatic hydroxyl groups excluding tert-OH is 1. The van der Waals surface area contributed by atoms with Crippen LogP contribution in [0.15, 0.2) is 22.7 Å². The molecule has 1 aliphatic rings. The molecule has 1 nitrogen and oxygen atoms in total. The number of rotatable bonds is 2. The number of benzene rings is 1. The molecule has 94 valence electrons. The number of aliphatic hydroxyl groups is 1. The third-order valence-corrected chi connectivity index (χ3v) is 5.04. The number of halogens is 2. The van der Waals surface area contributed by atoms with Gasteiger partial charge in [-0.25, -0.2) is 0 Å². The molecule has 1 fully saturated rings. The standard InChI is InChI=1S/C14H18BrClO/c1-14(2)8-4-5-9(14)13(17)12-10(15)6-3-7-11(12)16/h3,6-7,9,13,17H,4-5,8H2,1-2H3. The van der Waals surface area contributed by atoms with Gasteiger partial charge >= 0.3 is 0 Å². The lowest BCUT2D eigenvalue weighted by Crippen LogP contribution is -2.24. The Hall–Kier alpha value is -0.0500. The Morgan fingerprint density at radius 2 is 2.18 bits per heavy atom. The zero-order chi connectivity index (χ0) is 12.6. The summed E-state index contributed by atoms with van der Waals surface area (Å²) < 4.78 is 0.903. The lowest BCUT2D eigenvalue weighted by atomic mass is 9.77. The van der Waals surface area contributed by atoms with Crippen molar-refractivity contribution in [3.8, 4) is 0 Å². The van der Waals surface area contributed by atoms with Crippen LogP contribution in [-0.2, 0) is 0 Å². The molecule has 0 heterocycles. The minimum atomic E-state index is -0.476. The van der Waals surface area contributed by atoms with Crippen LogP contribution < -0.4 is 0 Å². The molecule has 2 rings (SSSR count). The second kappa shape index (κ2) is 4.91. The first-order valence-electron chi connectivity index (χ1n) is 6.05. The predicted molar refractivity (Wildman–Crippen MR) is 75.2 cm³/mol. The Morgan fingerprint density at radius 1 is 1.47 bits per heavy atom. The fraction of sp³-hybridized carbons (Fsp3) is 0.571. The molecule has 1 aliphatic carbocycles. The van der Waals surface area contributed by atoms with Crippen LogP contribution in [0.1, 0.15) is 44.8 Å². The summed E-state index contributed by atoms with van der Waals surface area (Å²) in [4.78, 5) is 0. The Bertz CT molecular complexity index is 396. The second-order valence-electron chi connectivity index (χ2n) is 5.57. The van der Waals surface area contributed by atoms with Crippen LogP contribution in [0.2, 0.25) is 5.02 Å². The van der Waals surface area contributed by atoms with Crippen molar-refractivity contribution in [3.05, 3.63) is 33.3 Å². The van der Waals surface area contributed by atoms with E-state index in [1.807, 2.05) is 18.2 Å². The van der Waals surface area contributed by atoms with Crippen LogP contribution in [0.3, 0.4) is 0 Å². The number of hydrogen-bond donors (Lipinski definition) is 1. The van der Waals surface area contributed by atoms with Gasteiger partial charge in [0.1, 0.15) is 0 Å². The highest BCUT2D eigenvalue weighted by molar-refractivity contribution is 9.10. The van der Waals surface area contributed by atoms with Gasteiger partial charge in [-0.2, -0.15) is 0 Å². The van der Waals surface area contributed by atoms with Crippen molar-refractivity contribution in [2.24, 2.45) is 11.3 Å². The van der Waals surface area contributed by atoms with Gasteiger partial charge in [0.2, 0.25) is 0 Å². The van der Waals surface area contributed by atoms with E-state index in [9.17, 15) is 5.11 Å². The predicted octanol–water partition coefficient (Wildman–Crippen LogP) is 4.96. The summed E-state index contributed by atoms with van der Waals surface area (Å²) >= 11 is 9.69. The van der Waals surface area contributed by atoms with Gasteiger partial charge in [0.05, 0.1) is 6.10 Å². The van der Waals surface area contributed by atoms with Crippen LogP contribution in [0.4, 0.5) is 0 Å². The quantitative estimate of drug-likeness (QED) is 0.817. The zero-order valence-electron chi connectivity index (χ0n) is 10.2. The highest BCUT2D eigenvalue weighted by Crippen LogP contribution is 2.50. The van der Waals surface area contributed by atoms with Crippen LogP contribution in [-0.4, -0.2) is 5.11 Å². The van der Waals surface area contributed by atoms with Gasteiger partial charge in [0, 0.05) is 15.1 Å². The van der Waals surface area contributed by atoms with E-state index in [-0.39, 0.29) is 5.41 Å². The largest absolute Gasteiger partial charge is 0.388 e. The molecule has 17 heavy (non-hydrogen) atoms. The maximum absolute atomic E-state index is 10.6. The van der Waals surface area contributed by atoms with Gasteiger partial charge in [-0.05, 0) is 36.3 Å². The van der Waals surface area contributed by atoms with E-state index in [1.165, 1.54) is 12.8 Å². The topological polar surface area (TPSA) is 20.2 Å². The summed E-state index contributed by atoms with van der Waals surface area (Å²) in [5.41, 5.74) is 1.03. The molecule has 1 N–H and O–H groups in total. The van der Waals surface area contributed by atoms with Crippen molar-refractivity contribution in [1.82, 2.24) is 0 Å². The smallest absolute Gasteiger partial charge is 0.0848 e. The molecule has 0 spiro atoms. The zero-order valence-corrected chi connectivity index (χ0v) is 12.6. The first-order valence-corrected chi connectivity index (χ1v) is 7.22. The summed E-state index contributed by atoms with van der Waals surface area (Å²) in [6, 6.07) is 5.67. The van der Waals surface area contributed by atoms with E-state index in [0.717, 1.165) is 16.5 Å². The monoisotopic (exact) mass is 316 g/mol. The van der Waals surface area contributed by atoms with E-state index in [0.29, 0.717) is 10.9 Å². The van der Waals surface area contributed by atoms with Crippen LogP contribution >= 0.6 is 27.5 Å². The molecule has 0 aromatic heterocycles. The number of hydrogen-bond acceptors (Lipinski definition) is 1. The van der Waals surface area contributed by atoms with Crippen molar-refractivity contribution in [1.29, 1.82) is 0 Å². The Balaban J connectivity index is 2.34. The molecule has 2 unspecified atom stereocenters. The van der Waals surface area contributed by atoms with Gasteiger partial charge in [-0.15, -0.1) is 0 Å². The van der Waals surface area contributed by atoms with E-state index >= 15 is 0 Å². The lowest BCUT2D eigenvalue weighted by Gasteiger charge is -2.32. The molecule has 0 radical (unpaired) electrons. The minimum Gasteiger partial charge on any atom is -0.388 e. The van der Waals surface area contributed by atoms with E-state index in [4.69, 9.17) is 11.6 Å². The molecule has 1 aromatic rings. The SMILES string of the molecule is CC1(C)CCCC1C(O)c1c(Cl)cccc1Br. The molecule has 0 aliphatic heterocycles. The normalized spacial score (nSPS) is 24.9. The Kier molecular flexibility index (Phi) is 3.86. The van der Waals surface area contributed by atoms with Gasteiger partial charge in [0.15, 0.2) is 0 Å². The van der Waals surface area contributed by atoms with E-state index < -0.39 is 6.10 Å². The average molecular weight is 318 g/mol. The summed E-state index contributed by atoms with van der Waals surface area (Å²) in [5, 5.41) is 11.3. The second-order valence-corrected chi connectivity index (χ2v) is 6.83. The van der Waals surface area contributed by atoms with Crippen LogP contribution in [0.5, 0.6) is 0 Å². The van der Waals surface area contributed by atoms with Crippen molar-refractivity contribution < 1.29 is 5.11 Å². The molecule has 0 amide bonds.